The van der Waals surface area contributed by atoms with E-state index in [1.165, 1.54) is 19.0 Å². The lowest BCUT2D eigenvalue weighted by atomic mass is 10.1. The van der Waals surface area contributed by atoms with Gasteiger partial charge < -0.3 is 10.2 Å². The second-order valence-electron chi connectivity index (χ2n) is 9.91. The fourth-order valence-corrected chi connectivity index (χ4v) is 4.73. The van der Waals surface area contributed by atoms with Gasteiger partial charge in [-0.2, -0.15) is 12.7 Å². The summed E-state index contributed by atoms with van der Waals surface area (Å²) in [5.41, 5.74) is 3.97. The molecule has 0 heterocycles. The molecule has 0 unspecified atom stereocenters. The molecule has 2 amide bonds. The molecule has 1 atom stereocenters. The van der Waals surface area contributed by atoms with E-state index >= 15 is 0 Å². The van der Waals surface area contributed by atoms with Crippen molar-refractivity contribution in [3.63, 3.8) is 0 Å². The lowest BCUT2D eigenvalue weighted by molar-refractivity contribution is -0.139. The molecule has 36 heavy (non-hydrogen) atoms. The summed E-state index contributed by atoms with van der Waals surface area (Å²) in [4.78, 5) is 28.2. The van der Waals surface area contributed by atoms with Gasteiger partial charge in [0.15, 0.2) is 0 Å². The van der Waals surface area contributed by atoms with E-state index in [2.05, 4.69) is 5.32 Å². The largest absolute Gasteiger partial charge is 0.354 e. The fraction of sp³-hybridized carbons (Fsp3) is 0.481. The molecule has 0 radical (unpaired) electrons. The van der Waals surface area contributed by atoms with Gasteiger partial charge in [-0.25, -0.2) is 4.31 Å². The van der Waals surface area contributed by atoms with E-state index in [1.54, 1.807) is 13.0 Å². The highest BCUT2D eigenvalue weighted by molar-refractivity contribution is 7.90. The van der Waals surface area contributed by atoms with Crippen LogP contribution >= 0.6 is 0 Å². The summed E-state index contributed by atoms with van der Waals surface area (Å²) in [6.07, 6.45) is 0. The first-order chi connectivity index (χ1) is 16.7. The number of rotatable bonds is 11. The zero-order valence-corrected chi connectivity index (χ0v) is 23.5. The van der Waals surface area contributed by atoms with Crippen LogP contribution < -0.4 is 9.62 Å². The summed E-state index contributed by atoms with van der Waals surface area (Å²) in [5.74, 6) is -0.487. The van der Waals surface area contributed by atoms with Crippen LogP contribution in [-0.2, 0) is 26.3 Å². The molecular formula is C27H40N4O4S. The number of carbonyl (C=O) groups excluding carboxylic acids is 2. The SMILES string of the molecule is Cc1ccc(CN(C(=O)CN(c2cc(C)ccc2C)S(=O)(=O)N(C)C)[C@@H](C)C(=O)NCC(C)C)cc1. The quantitative estimate of drug-likeness (QED) is 0.496. The van der Waals surface area contributed by atoms with Crippen LogP contribution in [0.3, 0.4) is 0 Å². The van der Waals surface area contributed by atoms with Crippen molar-refractivity contribution >= 4 is 27.7 Å². The molecule has 1 N–H and O–H groups in total. The standard InChI is InChI=1S/C27H40N4O4S/c1-19(2)16-28-27(33)23(6)30(17-24-13-10-20(3)11-14-24)26(32)18-31(36(34,35)29(7)8)25-15-21(4)9-12-22(25)5/h9-15,19,23H,16-18H2,1-8H3,(H,28,33)/t23-/m0/s1. The first kappa shape index (κ1) is 29.3. The minimum absolute atomic E-state index is 0.179. The minimum Gasteiger partial charge on any atom is -0.354 e. The third-order valence-corrected chi connectivity index (χ3v) is 7.78. The average Bonchev–Trinajstić information content (AvgIpc) is 2.81. The van der Waals surface area contributed by atoms with Gasteiger partial charge in [-0.3, -0.25) is 9.59 Å². The van der Waals surface area contributed by atoms with Gasteiger partial charge in [0.1, 0.15) is 12.6 Å². The maximum atomic E-state index is 13.8. The molecule has 198 valence electrons. The third-order valence-electron chi connectivity index (χ3n) is 5.98. The number of benzene rings is 2. The Morgan fingerprint density at radius 1 is 0.917 bits per heavy atom. The molecule has 0 bridgehead atoms. The highest BCUT2D eigenvalue weighted by Gasteiger charge is 2.33. The third kappa shape index (κ3) is 7.54. The van der Waals surface area contributed by atoms with Crippen LogP contribution in [-0.4, -0.2) is 62.7 Å². The van der Waals surface area contributed by atoms with Crippen molar-refractivity contribution in [1.29, 1.82) is 0 Å². The van der Waals surface area contributed by atoms with Gasteiger partial charge in [-0.05, 0) is 56.4 Å². The molecule has 9 heteroatoms. The van der Waals surface area contributed by atoms with Crippen LogP contribution in [0.15, 0.2) is 42.5 Å². The molecule has 0 aliphatic rings. The number of carbonyl (C=O) groups is 2. The van der Waals surface area contributed by atoms with E-state index in [-0.39, 0.29) is 18.4 Å². The minimum atomic E-state index is -3.99. The first-order valence-electron chi connectivity index (χ1n) is 12.1. The molecule has 0 aliphatic heterocycles. The van der Waals surface area contributed by atoms with Crippen molar-refractivity contribution in [2.24, 2.45) is 5.92 Å². The molecule has 0 spiro atoms. The molecule has 0 fully saturated rings. The Hall–Kier alpha value is -2.91. The van der Waals surface area contributed by atoms with E-state index in [1.807, 2.05) is 71.0 Å². The molecule has 8 nitrogen and oxygen atoms in total. The summed E-state index contributed by atoms with van der Waals surface area (Å²) in [7, 11) is -1.12. The summed E-state index contributed by atoms with van der Waals surface area (Å²) < 4.78 is 28.9. The summed E-state index contributed by atoms with van der Waals surface area (Å²) in [6, 6.07) is 12.4. The Kier molecular flexibility index (Phi) is 10.1. The van der Waals surface area contributed by atoms with Gasteiger partial charge in [-0.1, -0.05) is 55.8 Å². The molecule has 0 saturated heterocycles. The predicted octanol–water partition coefficient (Wildman–Crippen LogP) is 3.41. The zero-order chi connectivity index (χ0) is 27.2. The molecule has 0 aromatic heterocycles. The molecule has 2 aromatic rings. The van der Waals surface area contributed by atoms with E-state index < -0.39 is 28.7 Å². The number of hydrogen-bond acceptors (Lipinski definition) is 4. The maximum Gasteiger partial charge on any atom is 0.304 e. The van der Waals surface area contributed by atoms with Gasteiger partial charge in [0.2, 0.25) is 11.8 Å². The number of amides is 2. The van der Waals surface area contributed by atoms with Crippen LogP contribution in [0.1, 0.15) is 43.0 Å². The smallest absolute Gasteiger partial charge is 0.304 e. The Balaban J connectivity index is 2.48. The van der Waals surface area contributed by atoms with Crippen molar-refractivity contribution in [3.05, 3.63) is 64.7 Å². The van der Waals surface area contributed by atoms with Crippen molar-refractivity contribution in [2.75, 3.05) is 31.5 Å². The lowest BCUT2D eigenvalue weighted by Gasteiger charge is -2.33. The average molecular weight is 517 g/mol. The highest BCUT2D eigenvalue weighted by atomic mass is 32.2. The van der Waals surface area contributed by atoms with Gasteiger partial charge in [0.25, 0.3) is 0 Å². The van der Waals surface area contributed by atoms with Crippen molar-refractivity contribution in [2.45, 2.75) is 54.1 Å². The number of anilines is 1. The molecule has 0 aliphatic carbocycles. The molecule has 2 rings (SSSR count). The Labute approximate surface area is 216 Å². The van der Waals surface area contributed by atoms with Crippen LogP contribution in [0.5, 0.6) is 0 Å². The maximum absolute atomic E-state index is 13.8. The fourth-order valence-electron chi connectivity index (χ4n) is 3.62. The van der Waals surface area contributed by atoms with Crippen molar-refractivity contribution in [1.82, 2.24) is 14.5 Å². The van der Waals surface area contributed by atoms with Crippen LogP contribution in [0, 0.1) is 26.7 Å². The predicted molar refractivity (Wildman–Crippen MR) is 145 cm³/mol. The van der Waals surface area contributed by atoms with E-state index in [0.717, 1.165) is 30.9 Å². The van der Waals surface area contributed by atoms with Gasteiger partial charge in [0, 0.05) is 27.2 Å². The summed E-state index contributed by atoms with van der Waals surface area (Å²) >= 11 is 0. The lowest BCUT2D eigenvalue weighted by Crippen LogP contribution is -2.52. The van der Waals surface area contributed by atoms with Crippen molar-refractivity contribution in [3.8, 4) is 0 Å². The zero-order valence-electron chi connectivity index (χ0n) is 22.7. The van der Waals surface area contributed by atoms with Crippen LogP contribution in [0.4, 0.5) is 5.69 Å². The topological polar surface area (TPSA) is 90.0 Å². The number of aryl methyl sites for hydroxylation is 3. The number of nitrogens with one attached hydrogen (secondary N) is 1. The van der Waals surface area contributed by atoms with Gasteiger partial charge in [-0.15, -0.1) is 0 Å². The first-order valence-corrected chi connectivity index (χ1v) is 13.5. The Morgan fingerprint density at radius 3 is 2.06 bits per heavy atom. The second-order valence-corrected chi connectivity index (χ2v) is 12.0. The molecule has 2 aromatic carbocycles. The Morgan fingerprint density at radius 2 is 1.50 bits per heavy atom. The van der Waals surface area contributed by atoms with Crippen molar-refractivity contribution < 1.29 is 18.0 Å². The highest BCUT2D eigenvalue weighted by Crippen LogP contribution is 2.26. The normalized spacial score (nSPS) is 12.5. The second kappa shape index (κ2) is 12.4. The Bertz CT molecular complexity index is 1160. The van der Waals surface area contributed by atoms with Crippen LogP contribution in [0.2, 0.25) is 0 Å². The monoisotopic (exact) mass is 516 g/mol. The van der Waals surface area contributed by atoms with Gasteiger partial charge >= 0.3 is 10.2 Å². The van der Waals surface area contributed by atoms with Gasteiger partial charge in [0.05, 0.1) is 5.69 Å². The number of nitrogens with zero attached hydrogens (tertiary/aromatic N) is 3. The number of hydrogen-bond donors (Lipinski definition) is 1. The van der Waals surface area contributed by atoms with E-state index in [0.29, 0.717) is 12.2 Å². The van der Waals surface area contributed by atoms with Crippen LogP contribution in [0.25, 0.3) is 0 Å². The summed E-state index contributed by atoms with van der Waals surface area (Å²) in [5, 5.41) is 2.89. The van der Waals surface area contributed by atoms with E-state index in [9.17, 15) is 18.0 Å². The van der Waals surface area contributed by atoms with E-state index in [4.69, 9.17) is 0 Å². The molecule has 0 saturated carbocycles. The summed E-state index contributed by atoms with van der Waals surface area (Å²) in [6.45, 7) is 11.5. The molecular weight excluding hydrogens is 476 g/mol.